The van der Waals surface area contributed by atoms with E-state index in [1.807, 2.05) is 24.7 Å². The van der Waals surface area contributed by atoms with Gasteiger partial charge in [-0.15, -0.1) is 0 Å². The summed E-state index contributed by atoms with van der Waals surface area (Å²) in [5.74, 6) is 0.972. The number of carbonyl (C=O) groups is 1. The van der Waals surface area contributed by atoms with Gasteiger partial charge in [0.2, 0.25) is 5.91 Å². The topological polar surface area (TPSA) is 51.0 Å². The maximum atomic E-state index is 12.5. The van der Waals surface area contributed by atoms with E-state index in [1.54, 1.807) is 0 Å². The minimum Gasteiger partial charge on any atom is -0.343 e. The number of rotatable bonds is 6. The average molecular weight is 354 g/mol. The number of amides is 1. The van der Waals surface area contributed by atoms with E-state index >= 15 is 0 Å². The predicted molar refractivity (Wildman–Crippen MR) is 103 cm³/mol. The Morgan fingerprint density at radius 1 is 1.15 bits per heavy atom. The zero-order valence-electron chi connectivity index (χ0n) is 16.2. The third-order valence-corrected chi connectivity index (χ3v) is 5.32. The molecule has 0 N–H and O–H groups in total. The summed E-state index contributed by atoms with van der Waals surface area (Å²) in [5.41, 5.74) is 4.66. The Labute approximate surface area is 156 Å². The lowest BCUT2D eigenvalue weighted by atomic mass is 9.90. The summed E-state index contributed by atoms with van der Waals surface area (Å²) in [6.45, 7) is 8.73. The van der Waals surface area contributed by atoms with Gasteiger partial charge in [0.25, 0.3) is 0 Å². The first-order valence-corrected chi connectivity index (χ1v) is 9.71. The highest BCUT2D eigenvalue weighted by atomic mass is 16.2. The monoisotopic (exact) mass is 354 g/mol. The second kappa shape index (κ2) is 8.47. The maximum absolute atomic E-state index is 12.5. The molecule has 5 nitrogen and oxygen atoms in total. The first-order valence-electron chi connectivity index (χ1n) is 9.71. The number of nitrogens with zero attached hydrogens (tertiary/aromatic N) is 4. The standard InChI is InChI=1S/C21H30N4O/c1-16-14-20(6-9-22-16)15-19-7-11-24(12-8-19)21(26)5-4-10-25-18(3)13-17(2)23-25/h6,9,13-14,19H,4-5,7-8,10-12,15H2,1-3H3. The van der Waals surface area contributed by atoms with Gasteiger partial charge in [-0.2, -0.15) is 5.10 Å². The molecule has 5 heteroatoms. The summed E-state index contributed by atoms with van der Waals surface area (Å²) >= 11 is 0. The quantitative estimate of drug-likeness (QED) is 0.798. The minimum absolute atomic E-state index is 0.296. The number of aryl methyl sites for hydroxylation is 4. The summed E-state index contributed by atoms with van der Waals surface area (Å²) in [6, 6.07) is 6.37. The van der Waals surface area contributed by atoms with Crippen LogP contribution in [0.3, 0.4) is 0 Å². The number of pyridine rings is 1. The molecule has 1 aliphatic heterocycles. The van der Waals surface area contributed by atoms with Crippen LogP contribution >= 0.6 is 0 Å². The van der Waals surface area contributed by atoms with E-state index < -0.39 is 0 Å². The lowest BCUT2D eigenvalue weighted by Crippen LogP contribution is -2.38. The van der Waals surface area contributed by atoms with Crippen molar-refractivity contribution in [1.82, 2.24) is 19.7 Å². The second-order valence-corrected chi connectivity index (χ2v) is 7.59. The number of carbonyl (C=O) groups excluding carboxylic acids is 1. The Kier molecular flexibility index (Phi) is 6.07. The molecule has 3 rings (SSSR count). The van der Waals surface area contributed by atoms with Crippen molar-refractivity contribution >= 4 is 5.91 Å². The molecular weight excluding hydrogens is 324 g/mol. The van der Waals surface area contributed by atoms with Gasteiger partial charge in [-0.05, 0) is 76.1 Å². The second-order valence-electron chi connectivity index (χ2n) is 7.59. The van der Waals surface area contributed by atoms with Gasteiger partial charge in [0.1, 0.15) is 0 Å². The third-order valence-electron chi connectivity index (χ3n) is 5.32. The molecule has 2 aromatic heterocycles. The van der Waals surface area contributed by atoms with Crippen LogP contribution in [0.2, 0.25) is 0 Å². The summed E-state index contributed by atoms with van der Waals surface area (Å²) in [6.07, 6.45) is 6.67. The zero-order valence-corrected chi connectivity index (χ0v) is 16.2. The van der Waals surface area contributed by atoms with Gasteiger partial charge < -0.3 is 4.90 Å². The van der Waals surface area contributed by atoms with Crippen LogP contribution in [0.5, 0.6) is 0 Å². The molecule has 0 unspecified atom stereocenters. The number of hydrogen-bond donors (Lipinski definition) is 0. The van der Waals surface area contributed by atoms with E-state index in [4.69, 9.17) is 0 Å². The molecule has 0 saturated carbocycles. The molecule has 1 saturated heterocycles. The molecule has 0 atom stereocenters. The van der Waals surface area contributed by atoms with E-state index in [9.17, 15) is 4.79 Å². The van der Waals surface area contributed by atoms with Crippen LogP contribution in [0.15, 0.2) is 24.4 Å². The molecule has 1 fully saturated rings. The molecule has 0 radical (unpaired) electrons. The highest BCUT2D eigenvalue weighted by Gasteiger charge is 2.22. The molecule has 1 amide bonds. The fourth-order valence-electron chi connectivity index (χ4n) is 3.89. The minimum atomic E-state index is 0.296. The van der Waals surface area contributed by atoms with Crippen molar-refractivity contribution in [3.63, 3.8) is 0 Å². The van der Waals surface area contributed by atoms with Crippen molar-refractivity contribution in [3.05, 3.63) is 47.0 Å². The van der Waals surface area contributed by atoms with Crippen LogP contribution in [0, 0.1) is 26.7 Å². The van der Waals surface area contributed by atoms with Crippen molar-refractivity contribution in [2.75, 3.05) is 13.1 Å². The van der Waals surface area contributed by atoms with Crippen molar-refractivity contribution in [2.45, 2.75) is 59.4 Å². The molecule has 0 aliphatic carbocycles. The molecule has 0 bridgehead atoms. The van der Waals surface area contributed by atoms with Crippen molar-refractivity contribution < 1.29 is 4.79 Å². The third kappa shape index (κ3) is 4.93. The van der Waals surface area contributed by atoms with Crippen LogP contribution in [0.4, 0.5) is 0 Å². The number of likely N-dealkylation sites (tertiary alicyclic amines) is 1. The summed E-state index contributed by atoms with van der Waals surface area (Å²) in [4.78, 5) is 18.8. The predicted octanol–water partition coefficient (Wildman–Crippen LogP) is 3.46. The fourth-order valence-corrected chi connectivity index (χ4v) is 3.89. The summed E-state index contributed by atoms with van der Waals surface area (Å²) in [7, 11) is 0. The van der Waals surface area contributed by atoms with Gasteiger partial charge >= 0.3 is 0 Å². The molecule has 3 heterocycles. The summed E-state index contributed by atoms with van der Waals surface area (Å²) < 4.78 is 2.01. The fraction of sp³-hybridized carbons (Fsp3) is 0.571. The van der Waals surface area contributed by atoms with E-state index in [0.717, 1.165) is 56.7 Å². The van der Waals surface area contributed by atoms with E-state index in [-0.39, 0.29) is 0 Å². The average Bonchev–Trinajstić information content (AvgIpc) is 2.93. The lowest BCUT2D eigenvalue weighted by molar-refractivity contribution is -0.132. The normalized spacial score (nSPS) is 15.4. The van der Waals surface area contributed by atoms with Crippen LogP contribution in [0.1, 0.15) is 48.3 Å². The van der Waals surface area contributed by atoms with E-state index in [2.05, 4.69) is 40.1 Å². The zero-order chi connectivity index (χ0) is 18.5. The van der Waals surface area contributed by atoms with Gasteiger partial charge in [-0.25, -0.2) is 0 Å². The Hall–Kier alpha value is -2.17. The van der Waals surface area contributed by atoms with Gasteiger partial charge in [0.05, 0.1) is 5.69 Å². The van der Waals surface area contributed by atoms with Gasteiger partial charge in [-0.3, -0.25) is 14.5 Å². The number of hydrogen-bond acceptors (Lipinski definition) is 3. The lowest BCUT2D eigenvalue weighted by Gasteiger charge is -2.32. The largest absolute Gasteiger partial charge is 0.343 e. The van der Waals surface area contributed by atoms with Gasteiger partial charge in [0.15, 0.2) is 0 Å². The number of piperidine rings is 1. The Bertz CT molecular complexity index is 744. The van der Waals surface area contributed by atoms with Crippen molar-refractivity contribution in [3.8, 4) is 0 Å². The van der Waals surface area contributed by atoms with E-state index in [1.165, 1.54) is 11.3 Å². The van der Waals surface area contributed by atoms with E-state index in [0.29, 0.717) is 18.2 Å². The van der Waals surface area contributed by atoms with Crippen LogP contribution in [-0.4, -0.2) is 38.7 Å². The SMILES string of the molecule is Cc1cc(CC2CCN(C(=O)CCCn3nc(C)cc3C)CC2)ccn1. The van der Waals surface area contributed by atoms with Crippen molar-refractivity contribution in [2.24, 2.45) is 5.92 Å². The highest BCUT2D eigenvalue weighted by Crippen LogP contribution is 2.22. The molecule has 140 valence electrons. The van der Waals surface area contributed by atoms with Crippen LogP contribution in [0.25, 0.3) is 0 Å². The highest BCUT2D eigenvalue weighted by molar-refractivity contribution is 5.76. The Morgan fingerprint density at radius 3 is 2.58 bits per heavy atom. The molecular formula is C21H30N4O. The molecule has 0 spiro atoms. The first kappa shape index (κ1) is 18.6. The first-order chi connectivity index (χ1) is 12.5. The van der Waals surface area contributed by atoms with Crippen molar-refractivity contribution in [1.29, 1.82) is 0 Å². The van der Waals surface area contributed by atoms with Gasteiger partial charge in [0, 0.05) is 43.6 Å². The molecule has 26 heavy (non-hydrogen) atoms. The van der Waals surface area contributed by atoms with Gasteiger partial charge in [-0.1, -0.05) is 0 Å². The Morgan fingerprint density at radius 2 is 1.92 bits per heavy atom. The number of aromatic nitrogens is 3. The Balaban J connectivity index is 1.40. The summed E-state index contributed by atoms with van der Waals surface area (Å²) in [5, 5.41) is 4.46. The van der Waals surface area contributed by atoms with Crippen LogP contribution < -0.4 is 0 Å². The molecule has 0 aromatic carbocycles. The smallest absolute Gasteiger partial charge is 0.222 e. The maximum Gasteiger partial charge on any atom is 0.222 e. The molecule has 1 aliphatic rings. The molecule has 2 aromatic rings. The van der Waals surface area contributed by atoms with Crippen LogP contribution in [-0.2, 0) is 17.8 Å².